The number of ether oxygens (including phenoxy) is 1. The standard InChI is InChI=1S/C21H29FN4O/c1-15-10-11-16(12-18(15)22)13-24-21(23-2)25-14-19(26(3)4)17-8-6-7-9-20(17)27-5/h6-12,19H,13-14H2,1-5H3,(H2,23,24,25). The Hall–Kier alpha value is -2.60. The highest BCUT2D eigenvalue weighted by atomic mass is 19.1. The van der Waals surface area contributed by atoms with Crippen molar-refractivity contribution in [2.45, 2.75) is 19.5 Å². The van der Waals surface area contributed by atoms with Crippen LogP contribution in [0.5, 0.6) is 5.75 Å². The van der Waals surface area contributed by atoms with Gasteiger partial charge in [-0.25, -0.2) is 4.39 Å². The topological polar surface area (TPSA) is 48.9 Å². The summed E-state index contributed by atoms with van der Waals surface area (Å²) in [6, 6.07) is 13.4. The first-order valence-corrected chi connectivity index (χ1v) is 8.95. The second-order valence-electron chi connectivity index (χ2n) is 6.61. The number of para-hydroxylation sites is 1. The Balaban J connectivity index is 2.01. The highest BCUT2D eigenvalue weighted by Gasteiger charge is 2.18. The summed E-state index contributed by atoms with van der Waals surface area (Å²) >= 11 is 0. The van der Waals surface area contributed by atoms with E-state index in [0.717, 1.165) is 16.9 Å². The summed E-state index contributed by atoms with van der Waals surface area (Å²) in [5, 5.41) is 6.57. The molecule has 0 amide bonds. The molecule has 0 aliphatic carbocycles. The van der Waals surface area contributed by atoms with Gasteiger partial charge in [-0.1, -0.05) is 30.3 Å². The molecule has 0 saturated carbocycles. The molecule has 5 nitrogen and oxygen atoms in total. The fourth-order valence-electron chi connectivity index (χ4n) is 2.86. The van der Waals surface area contributed by atoms with Crippen molar-refractivity contribution in [1.82, 2.24) is 15.5 Å². The molecule has 0 saturated heterocycles. The minimum atomic E-state index is -0.193. The van der Waals surface area contributed by atoms with Gasteiger partial charge in [0.2, 0.25) is 0 Å². The molecule has 1 unspecified atom stereocenters. The Morgan fingerprint density at radius 1 is 1.19 bits per heavy atom. The first kappa shape index (κ1) is 20.7. The van der Waals surface area contributed by atoms with E-state index in [1.807, 2.05) is 38.4 Å². The van der Waals surface area contributed by atoms with Crippen LogP contribution in [0.4, 0.5) is 4.39 Å². The molecular formula is C21H29FN4O. The van der Waals surface area contributed by atoms with Crippen LogP contribution in [0, 0.1) is 12.7 Å². The molecule has 0 bridgehead atoms. The lowest BCUT2D eigenvalue weighted by Crippen LogP contribution is -2.41. The van der Waals surface area contributed by atoms with Crippen LogP contribution < -0.4 is 15.4 Å². The number of halogens is 1. The van der Waals surface area contributed by atoms with Gasteiger partial charge in [0.15, 0.2) is 5.96 Å². The first-order valence-electron chi connectivity index (χ1n) is 8.95. The van der Waals surface area contributed by atoms with Crippen molar-refractivity contribution in [2.24, 2.45) is 4.99 Å². The summed E-state index contributed by atoms with van der Waals surface area (Å²) in [5.74, 6) is 1.33. The lowest BCUT2D eigenvalue weighted by molar-refractivity contribution is 0.287. The summed E-state index contributed by atoms with van der Waals surface area (Å²) < 4.78 is 19.2. The van der Waals surface area contributed by atoms with Gasteiger partial charge in [0.1, 0.15) is 11.6 Å². The van der Waals surface area contributed by atoms with Crippen molar-refractivity contribution in [3.8, 4) is 5.75 Å². The maximum absolute atomic E-state index is 13.7. The molecule has 2 N–H and O–H groups in total. The van der Waals surface area contributed by atoms with Crippen LogP contribution >= 0.6 is 0 Å². The van der Waals surface area contributed by atoms with Crippen molar-refractivity contribution in [3.05, 3.63) is 65.0 Å². The predicted molar refractivity (Wildman–Crippen MR) is 109 cm³/mol. The summed E-state index contributed by atoms with van der Waals surface area (Å²) in [7, 11) is 7.47. The largest absolute Gasteiger partial charge is 0.496 e. The van der Waals surface area contributed by atoms with Crippen LogP contribution in [0.25, 0.3) is 0 Å². The van der Waals surface area contributed by atoms with Crippen LogP contribution in [0.3, 0.4) is 0 Å². The molecule has 27 heavy (non-hydrogen) atoms. The Labute approximate surface area is 161 Å². The Kier molecular flexibility index (Phi) is 7.61. The summed E-state index contributed by atoms with van der Waals surface area (Å²) in [5.41, 5.74) is 2.62. The number of nitrogens with zero attached hydrogens (tertiary/aromatic N) is 2. The number of methoxy groups -OCH3 is 1. The van der Waals surface area contributed by atoms with Gasteiger partial charge in [0.25, 0.3) is 0 Å². The van der Waals surface area contributed by atoms with E-state index >= 15 is 0 Å². The van der Waals surface area contributed by atoms with Crippen molar-refractivity contribution >= 4 is 5.96 Å². The quantitative estimate of drug-likeness (QED) is 0.579. The highest BCUT2D eigenvalue weighted by molar-refractivity contribution is 5.79. The van der Waals surface area contributed by atoms with Gasteiger partial charge in [-0.15, -0.1) is 0 Å². The molecule has 2 aromatic carbocycles. The number of aryl methyl sites for hydroxylation is 1. The molecule has 1 atom stereocenters. The van der Waals surface area contributed by atoms with Crippen LogP contribution in [0.2, 0.25) is 0 Å². The van der Waals surface area contributed by atoms with E-state index in [4.69, 9.17) is 4.74 Å². The van der Waals surface area contributed by atoms with Crippen molar-refractivity contribution in [1.29, 1.82) is 0 Å². The second kappa shape index (κ2) is 9.92. The van der Waals surface area contributed by atoms with Crippen molar-refractivity contribution in [2.75, 3.05) is 34.8 Å². The minimum Gasteiger partial charge on any atom is -0.496 e. The van der Waals surface area contributed by atoms with Gasteiger partial charge in [-0.2, -0.15) is 0 Å². The molecule has 2 rings (SSSR count). The molecule has 0 aromatic heterocycles. The van der Waals surface area contributed by atoms with E-state index < -0.39 is 0 Å². The summed E-state index contributed by atoms with van der Waals surface area (Å²) in [4.78, 5) is 6.39. The predicted octanol–water partition coefficient (Wildman–Crippen LogP) is 3.11. The molecule has 0 spiro atoms. The van der Waals surface area contributed by atoms with Crippen LogP contribution in [0.15, 0.2) is 47.5 Å². The molecule has 146 valence electrons. The third-order valence-corrected chi connectivity index (χ3v) is 4.50. The molecule has 0 radical (unpaired) electrons. The average molecular weight is 372 g/mol. The highest BCUT2D eigenvalue weighted by Crippen LogP contribution is 2.27. The second-order valence-corrected chi connectivity index (χ2v) is 6.61. The number of aliphatic imine (C=N–C) groups is 1. The number of rotatable bonds is 7. The van der Waals surface area contributed by atoms with Crippen LogP contribution in [0.1, 0.15) is 22.7 Å². The zero-order valence-electron chi connectivity index (χ0n) is 16.7. The van der Waals surface area contributed by atoms with E-state index in [1.165, 1.54) is 0 Å². The Morgan fingerprint density at radius 3 is 2.56 bits per heavy atom. The molecule has 2 aromatic rings. The van der Waals surface area contributed by atoms with Gasteiger partial charge >= 0.3 is 0 Å². The molecule has 6 heteroatoms. The molecule has 0 heterocycles. The van der Waals surface area contributed by atoms with Crippen molar-refractivity contribution < 1.29 is 9.13 Å². The van der Waals surface area contributed by atoms with E-state index in [1.54, 1.807) is 33.2 Å². The number of nitrogens with one attached hydrogen (secondary N) is 2. The third-order valence-electron chi connectivity index (χ3n) is 4.50. The smallest absolute Gasteiger partial charge is 0.191 e. The van der Waals surface area contributed by atoms with Crippen LogP contribution in [-0.2, 0) is 6.54 Å². The number of likely N-dealkylation sites (N-methyl/N-ethyl adjacent to an activating group) is 1. The van der Waals surface area contributed by atoms with E-state index in [0.29, 0.717) is 24.6 Å². The van der Waals surface area contributed by atoms with Crippen LogP contribution in [-0.4, -0.2) is 45.7 Å². The lowest BCUT2D eigenvalue weighted by atomic mass is 10.0. The van der Waals surface area contributed by atoms with Gasteiger partial charge in [-0.05, 0) is 44.3 Å². The van der Waals surface area contributed by atoms with E-state index in [-0.39, 0.29) is 11.9 Å². The Bertz CT molecular complexity index is 777. The summed E-state index contributed by atoms with van der Waals surface area (Å²) in [6.07, 6.45) is 0. The molecule has 0 aliphatic rings. The van der Waals surface area contributed by atoms with Gasteiger partial charge in [-0.3, -0.25) is 4.99 Å². The maximum atomic E-state index is 13.7. The fourth-order valence-corrected chi connectivity index (χ4v) is 2.86. The number of benzene rings is 2. The van der Waals surface area contributed by atoms with Gasteiger partial charge in [0.05, 0.1) is 13.2 Å². The number of guanidine groups is 1. The van der Waals surface area contributed by atoms with Gasteiger partial charge < -0.3 is 20.3 Å². The van der Waals surface area contributed by atoms with Crippen molar-refractivity contribution in [3.63, 3.8) is 0 Å². The van der Waals surface area contributed by atoms with Gasteiger partial charge in [0, 0.05) is 25.7 Å². The maximum Gasteiger partial charge on any atom is 0.191 e. The fraction of sp³-hybridized carbons (Fsp3) is 0.381. The minimum absolute atomic E-state index is 0.108. The monoisotopic (exact) mass is 372 g/mol. The normalized spacial score (nSPS) is 12.8. The first-order chi connectivity index (χ1) is 13.0. The average Bonchev–Trinajstić information content (AvgIpc) is 2.67. The summed E-state index contributed by atoms with van der Waals surface area (Å²) in [6.45, 7) is 2.90. The zero-order valence-corrected chi connectivity index (χ0v) is 16.7. The number of hydrogen-bond acceptors (Lipinski definition) is 3. The van der Waals surface area contributed by atoms with E-state index in [9.17, 15) is 4.39 Å². The third kappa shape index (κ3) is 5.69. The molecular weight excluding hydrogens is 343 g/mol. The number of hydrogen-bond donors (Lipinski definition) is 2. The lowest BCUT2D eigenvalue weighted by Gasteiger charge is -2.27. The van der Waals surface area contributed by atoms with E-state index in [2.05, 4.69) is 26.6 Å². The zero-order chi connectivity index (χ0) is 19.8. The SMILES string of the molecule is CN=C(NCc1ccc(C)c(F)c1)NCC(c1ccccc1OC)N(C)C. The Morgan fingerprint density at radius 2 is 1.93 bits per heavy atom. The molecule has 0 aliphatic heterocycles. The molecule has 0 fully saturated rings.